The normalized spacial score (nSPS) is 10.4. The van der Waals surface area contributed by atoms with Gasteiger partial charge in [0.25, 0.3) is 11.6 Å². The van der Waals surface area contributed by atoms with Gasteiger partial charge in [-0.3, -0.25) is 30.4 Å². The number of hydrogen-bond acceptors (Lipinski definition) is 5. The lowest BCUT2D eigenvalue weighted by Gasteiger charge is -2.12. The van der Waals surface area contributed by atoms with Crippen LogP contribution in [0.5, 0.6) is 0 Å². The molecule has 9 nitrogen and oxygen atoms in total. The van der Waals surface area contributed by atoms with Crippen molar-refractivity contribution in [1.82, 2.24) is 20.6 Å². The van der Waals surface area contributed by atoms with Gasteiger partial charge in [-0.05, 0) is 65.1 Å². The Balaban J connectivity index is 1.56. The number of hydrogen-bond donors (Lipinski definition) is 3. The Kier molecular flexibility index (Phi) is 5.81. The number of hydrazine groups is 1. The molecule has 3 rings (SSSR count). The van der Waals surface area contributed by atoms with E-state index < -0.39 is 4.92 Å². The van der Waals surface area contributed by atoms with E-state index in [-0.39, 0.29) is 23.3 Å². The zero-order valence-corrected chi connectivity index (χ0v) is 16.7. The number of carbonyl (C=O) groups excluding carboxylic acids is 1. The number of rotatable bonds is 4. The van der Waals surface area contributed by atoms with E-state index in [1.165, 1.54) is 23.0 Å². The molecule has 0 bridgehead atoms. The predicted octanol–water partition coefficient (Wildman–Crippen LogP) is 2.57. The summed E-state index contributed by atoms with van der Waals surface area (Å²) in [6.45, 7) is -0.0690. The molecule has 27 heavy (non-hydrogen) atoms. The molecule has 0 aliphatic carbocycles. The number of amides is 1. The van der Waals surface area contributed by atoms with Crippen LogP contribution in [-0.4, -0.2) is 25.7 Å². The smallest absolute Gasteiger partial charge is 0.270 e. The van der Waals surface area contributed by atoms with Crippen LogP contribution in [-0.2, 0) is 11.3 Å². The summed E-state index contributed by atoms with van der Waals surface area (Å²) in [4.78, 5) is 22.4. The molecule has 1 heterocycles. The second kappa shape index (κ2) is 8.26. The maximum Gasteiger partial charge on any atom is 0.270 e. The Labute approximate surface area is 172 Å². The summed E-state index contributed by atoms with van der Waals surface area (Å²) in [6.07, 6.45) is 1.48. The van der Waals surface area contributed by atoms with Crippen molar-refractivity contribution in [2.75, 3.05) is 5.32 Å². The first kappa shape index (κ1) is 19.0. The topological polar surface area (TPSA) is 114 Å². The Morgan fingerprint density at radius 1 is 1.22 bits per heavy atom. The maximum atomic E-state index is 12.1. The summed E-state index contributed by atoms with van der Waals surface area (Å²) in [5.41, 5.74) is 6.49. The summed E-state index contributed by atoms with van der Waals surface area (Å²) < 4.78 is 2.55. The Morgan fingerprint density at radius 2 is 1.96 bits per heavy atom. The highest BCUT2D eigenvalue weighted by atomic mass is 127. The van der Waals surface area contributed by atoms with Crippen LogP contribution in [0.4, 0.5) is 11.4 Å². The minimum absolute atomic E-state index is 0.0276. The number of benzene rings is 2. The molecule has 0 unspecified atom stereocenters. The SMILES string of the molecule is O=C(Cn1ncc2cc([N+](=O)[O-])ccc21)NNC(=S)Nc1ccc(I)cc1. The fourth-order valence-electron chi connectivity index (χ4n) is 2.31. The average molecular weight is 496 g/mol. The van der Waals surface area contributed by atoms with Crippen LogP contribution in [0.3, 0.4) is 0 Å². The van der Waals surface area contributed by atoms with Crippen LogP contribution >= 0.6 is 34.8 Å². The second-order valence-corrected chi connectivity index (χ2v) is 7.09. The molecular weight excluding hydrogens is 483 g/mol. The van der Waals surface area contributed by atoms with Crippen molar-refractivity contribution in [1.29, 1.82) is 0 Å². The number of nitrogens with one attached hydrogen (secondary N) is 3. The zero-order valence-electron chi connectivity index (χ0n) is 13.7. The first-order valence-corrected chi connectivity index (χ1v) is 9.12. The molecule has 0 radical (unpaired) electrons. The number of non-ortho nitro benzene ring substituents is 1. The Morgan fingerprint density at radius 3 is 2.67 bits per heavy atom. The third-order valence-electron chi connectivity index (χ3n) is 3.55. The first-order chi connectivity index (χ1) is 12.9. The monoisotopic (exact) mass is 496 g/mol. The molecule has 0 spiro atoms. The largest absolute Gasteiger partial charge is 0.331 e. The highest BCUT2D eigenvalue weighted by molar-refractivity contribution is 14.1. The van der Waals surface area contributed by atoms with Crippen molar-refractivity contribution >= 4 is 68.1 Å². The molecule has 2 aromatic carbocycles. The molecule has 0 atom stereocenters. The van der Waals surface area contributed by atoms with Gasteiger partial charge in [-0.15, -0.1) is 0 Å². The van der Waals surface area contributed by atoms with E-state index in [2.05, 4.69) is 43.9 Å². The molecule has 138 valence electrons. The number of nitro benzene ring substituents is 1. The summed E-state index contributed by atoms with van der Waals surface area (Å²) >= 11 is 7.33. The second-order valence-electron chi connectivity index (χ2n) is 5.44. The van der Waals surface area contributed by atoms with Crippen LogP contribution in [0.1, 0.15) is 0 Å². The number of fused-ring (bicyclic) bond motifs is 1. The number of aromatic nitrogens is 2. The number of thiocarbonyl (C=S) groups is 1. The van der Waals surface area contributed by atoms with Crippen molar-refractivity contribution in [2.45, 2.75) is 6.54 Å². The highest BCUT2D eigenvalue weighted by Crippen LogP contribution is 2.20. The van der Waals surface area contributed by atoms with Gasteiger partial charge in [0.05, 0.1) is 16.6 Å². The number of anilines is 1. The van der Waals surface area contributed by atoms with E-state index in [0.717, 1.165) is 9.26 Å². The van der Waals surface area contributed by atoms with E-state index in [4.69, 9.17) is 12.2 Å². The average Bonchev–Trinajstić information content (AvgIpc) is 3.04. The molecule has 0 saturated carbocycles. The van der Waals surface area contributed by atoms with Crippen molar-refractivity contribution in [3.8, 4) is 0 Å². The number of halogens is 1. The quantitative estimate of drug-likeness (QED) is 0.220. The molecule has 1 amide bonds. The van der Waals surface area contributed by atoms with Crippen molar-refractivity contribution in [2.24, 2.45) is 0 Å². The van der Waals surface area contributed by atoms with Crippen LogP contribution < -0.4 is 16.2 Å². The third-order valence-corrected chi connectivity index (χ3v) is 4.47. The zero-order chi connectivity index (χ0) is 19.4. The van der Waals surface area contributed by atoms with Crippen molar-refractivity contribution in [3.63, 3.8) is 0 Å². The van der Waals surface area contributed by atoms with Gasteiger partial charge in [-0.25, -0.2) is 0 Å². The number of nitrogens with zero attached hydrogens (tertiary/aromatic N) is 3. The molecule has 0 saturated heterocycles. The van der Waals surface area contributed by atoms with Gasteiger partial charge in [0.15, 0.2) is 5.11 Å². The molecule has 11 heteroatoms. The number of nitro groups is 1. The van der Waals surface area contributed by atoms with E-state index in [0.29, 0.717) is 10.9 Å². The van der Waals surface area contributed by atoms with Crippen molar-refractivity contribution < 1.29 is 9.72 Å². The lowest BCUT2D eigenvalue weighted by atomic mass is 10.2. The lowest BCUT2D eigenvalue weighted by molar-refractivity contribution is -0.384. The summed E-state index contributed by atoms with van der Waals surface area (Å²) in [7, 11) is 0. The van der Waals surface area contributed by atoms with E-state index >= 15 is 0 Å². The fourth-order valence-corrected chi connectivity index (χ4v) is 2.84. The summed E-state index contributed by atoms with van der Waals surface area (Å²) in [5.74, 6) is -0.370. The summed E-state index contributed by atoms with van der Waals surface area (Å²) in [5, 5.41) is 18.7. The van der Waals surface area contributed by atoms with Gasteiger partial charge in [0.1, 0.15) is 6.54 Å². The molecule has 3 N–H and O–H groups in total. The fraction of sp³-hybridized carbons (Fsp3) is 0.0625. The standard InChI is InChI=1S/C16H13IN6O3S/c17-11-1-3-12(4-2-11)19-16(27)21-20-15(24)9-22-14-6-5-13(23(25)26)7-10(14)8-18-22/h1-8H,9H2,(H,20,24)(H2,19,21,27). The molecule has 1 aromatic heterocycles. The van der Waals surface area contributed by atoms with Crippen LogP contribution in [0.2, 0.25) is 0 Å². The van der Waals surface area contributed by atoms with E-state index in [9.17, 15) is 14.9 Å². The van der Waals surface area contributed by atoms with Gasteiger partial charge < -0.3 is 5.32 Å². The maximum absolute atomic E-state index is 12.1. The van der Waals surface area contributed by atoms with Gasteiger partial charge >= 0.3 is 0 Å². The molecule has 3 aromatic rings. The predicted molar refractivity (Wildman–Crippen MR) is 113 cm³/mol. The third kappa shape index (κ3) is 4.89. The summed E-state index contributed by atoms with van der Waals surface area (Å²) in [6, 6.07) is 11.9. The van der Waals surface area contributed by atoms with Gasteiger partial charge in [-0.2, -0.15) is 5.10 Å². The van der Waals surface area contributed by atoms with Crippen LogP contribution in [0.15, 0.2) is 48.7 Å². The minimum Gasteiger partial charge on any atom is -0.331 e. The van der Waals surface area contributed by atoms with E-state index in [1.807, 2.05) is 24.3 Å². The van der Waals surface area contributed by atoms with Gasteiger partial charge in [0.2, 0.25) is 0 Å². The highest BCUT2D eigenvalue weighted by Gasteiger charge is 2.12. The lowest BCUT2D eigenvalue weighted by Crippen LogP contribution is -2.45. The Bertz CT molecular complexity index is 1020. The van der Waals surface area contributed by atoms with Crippen molar-refractivity contribution in [3.05, 3.63) is 62.3 Å². The van der Waals surface area contributed by atoms with Crippen LogP contribution in [0.25, 0.3) is 10.9 Å². The number of carbonyl (C=O) groups is 1. The Hall–Kier alpha value is -2.80. The van der Waals surface area contributed by atoms with Gasteiger partial charge in [0, 0.05) is 26.8 Å². The first-order valence-electron chi connectivity index (χ1n) is 7.64. The molecule has 0 fully saturated rings. The molecular formula is C16H13IN6O3S. The van der Waals surface area contributed by atoms with Crippen LogP contribution in [0, 0.1) is 13.7 Å². The molecule has 0 aliphatic rings. The molecule has 0 aliphatic heterocycles. The minimum atomic E-state index is -0.477. The van der Waals surface area contributed by atoms with E-state index in [1.54, 1.807) is 6.07 Å². The van der Waals surface area contributed by atoms with Gasteiger partial charge in [-0.1, -0.05) is 0 Å².